The van der Waals surface area contributed by atoms with E-state index in [0.29, 0.717) is 18.9 Å². The lowest BCUT2D eigenvalue weighted by Gasteiger charge is -2.11. The first-order chi connectivity index (χ1) is 8.04. The Kier molecular flexibility index (Phi) is 7.07. The molecule has 0 bridgehead atoms. The van der Waals surface area contributed by atoms with Crippen LogP contribution in [0.1, 0.15) is 13.8 Å². The molecule has 1 rings (SSSR count). The Morgan fingerprint density at radius 1 is 1.44 bits per heavy atom. The molecule has 0 amide bonds. The molecular weight excluding hydrogens is 260 g/mol. The topological polar surface area (TPSA) is 87.6 Å². The van der Waals surface area contributed by atoms with Crippen LogP contribution < -0.4 is 15.2 Å². The molecule has 7 heteroatoms. The van der Waals surface area contributed by atoms with E-state index in [-0.39, 0.29) is 29.9 Å². The van der Waals surface area contributed by atoms with E-state index in [1.807, 2.05) is 0 Å². The second-order valence-corrected chi connectivity index (χ2v) is 3.69. The molecule has 0 saturated carbocycles. The summed E-state index contributed by atoms with van der Waals surface area (Å²) in [7, 11) is 0. The van der Waals surface area contributed by atoms with Crippen molar-refractivity contribution in [2.75, 3.05) is 13.2 Å². The summed E-state index contributed by atoms with van der Waals surface area (Å²) in [5.74, 6) is 0.719. The summed E-state index contributed by atoms with van der Waals surface area (Å²) in [6, 6.07) is 4.40. The van der Waals surface area contributed by atoms with Crippen molar-refractivity contribution in [3.05, 3.63) is 28.3 Å². The second-order valence-electron chi connectivity index (χ2n) is 3.69. The zero-order chi connectivity index (χ0) is 12.8. The number of hydrogen-bond donors (Lipinski definition) is 1. The molecule has 0 aliphatic carbocycles. The highest BCUT2D eigenvalue weighted by Crippen LogP contribution is 2.31. The van der Waals surface area contributed by atoms with Gasteiger partial charge in [0, 0.05) is 18.7 Å². The van der Waals surface area contributed by atoms with E-state index >= 15 is 0 Å². The zero-order valence-corrected chi connectivity index (χ0v) is 11.1. The molecule has 0 saturated heterocycles. The third-order valence-corrected chi connectivity index (χ3v) is 1.88. The smallest absolute Gasteiger partial charge is 0.311 e. The number of hydrogen-bond acceptors (Lipinski definition) is 5. The van der Waals surface area contributed by atoms with E-state index in [1.165, 1.54) is 18.2 Å². The van der Waals surface area contributed by atoms with Crippen LogP contribution in [0.5, 0.6) is 11.5 Å². The Balaban J connectivity index is 0.00000289. The maximum atomic E-state index is 10.8. The summed E-state index contributed by atoms with van der Waals surface area (Å²) in [4.78, 5) is 10.3. The van der Waals surface area contributed by atoms with E-state index < -0.39 is 4.92 Å². The van der Waals surface area contributed by atoms with Gasteiger partial charge in [0.2, 0.25) is 5.75 Å². The SMILES string of the molecule is CC(C)Oc1cc(OCCN)ccc1[N+](=O)[O-].Cl. The van der Waals surface area contributed by atoms with Crippen LogP contribution in [0, 0.1) is 10.1 Å². The predicted octanol–water partition coefficient (Wildman–Crippen LogP) is 2.14. The van der Waals surface area contributed by atoms with Gasteiger partial charge in [0.25, 0.3) is 0 Å². The minimum atomic E-state index is -0.482. The van der Waals surface area contributed by atoms with Crippen LogP contribution in [0.2, 0.25) is 0 Å². The maximum absolute atomic E-state index is 10.8. The van der Waals surface area contributed by atoms with Crippen LogP contribution in [0.3, 0.4) is 0 Å². The fraction of sp³-hybridized carbons (Fsp3) is 0.455. The van der Waals surface area contributed by atoms with Gasteiger partial charge >= 0.3 is 5.69 Å². The van der Waals surface area contributed by atoms with Crippen molar-refractivity contribution in [1.82, 2.24) is 0 Å². The average Bonchev–Trinajstić information content (AvgIpc) is 2.25. The van der Waals surface area contributed by atoms with Crippen molar-refractivity contribution in [2.45, 2.75) is 20.0 Å². The van der Waals surface area contributed by atoms with Gasteiger partial charge < -0.3 is 15.2 Å². The molecule has 0 unspecified atom stereocenters. The lowest BCUT2D eigenvalue weighted by atomic mass is 10.2. The number of ether oxygens (including phenoxy) is 2. The molecule has 1 aromatic rings. The Labute approximate surface area is 112 Å². The van der Waals surface area contributed by atoms with Crippen molar-refractivity contribution in [1.29, 1.82) is 0 Å². The number of benzene rings is 1. The molecular formula is C11H17ClN2O4. The third-order valence-electron chi connectivity index (χ3n) is 1.88. The predicted molar refractivity (Wildman–Crippen MR) is 70.7 cm³/mol. The van der Waals surface area contributed by atoms with Gasteiger partial charge in [-0.25, -0.2) is 0 Å². The van der Waals surface area contributed by atoms with Crippen molar-refractivity contribution in [3.8, 4) is 11.5 Å². The number of nitrogens with zero attached hydrogens (tertiary/aromatic N) is 1. The molecule has 2 N–H and O–H groups in total. The second kappa shape index (κ2) is 7.73. The van der Waals surface area contributed by atoms with Crippen molar-refractivity contribution in [2.24, 2.45) is 5.73 Å². The molecule has 102 valence electrons. The first-order valence-corrected chi connectivity index (χ1v) is 5.32. The largest absolute Gasteiger partial charge is 0.492 e. The average molecular weight is 277 g/mol. The van der Waals surface area contributed by atoms with Crippen LogP contribution in [0.25, 0.3) is 0 Å². The zero-order valence-electron chi connectivity index (χ0n) is 10.3. The van der Waals surface area contributed by atoms with E-state index in [2.05, 4.69) is 0 Å². The molecule has 0 aliphatic rings. The monoisotopic (exact) mass is 276 g/mol. The van der Waals surface area contributed by atoms with E-state index in [0.717, 1.165) is 0 Å². The Bertz CT molecular complexity index is 399. The Morgan fingerprint density at radius 3 is 2.61 bits per heavy atom. The number of halogens is 1. The molecule has 1 aromatic carbocycles. The standard InChI is InChI=1S/C11H16N2O4.ClH/c1-8(2)17-11-7-9(16-6-5-12)3-4-10(11)13(14)15;/h3-4,7-8H,5-6,12H2,1-2H3;1H. The van der Waals surface area contributed by atoms with E-state index in [4.69, 9.17) is 15.2 Å². The van der Waals surface area contributed by atoms with Crippen LogP contribution in [-0.4, -0.2) is 24.2 Å². The highest BCUT2D eigenvalue weighted by molar-refractivity contribution is 5.85. The lowest BCUT2D eigenvalue weighted by molar-refractivity contribution is -0.386. The van der Waals surface area contributed by atoms with Crippen LogP contribution in [0.15, 0.2) is 18.2 Å². The summed E-state index contributed by atoms with van der Waals surface area (Å²) in [6.07, 6.45) is -0.140. The quantitative estimate of drug-likeness (QED) is 0.635. The third kappa shape index (κ3) is 4.77. The fourth-order valence-electron chi connectivity index (χ4n) is 1.26. The molecule has 0 aromatic heterocycles. The van der Waals surface area contributed by atoms with Crippen molar-refractivity contribution >= 4 is 18.1 Å². The summed E-state index contributed by atoms with van der Waals surface area (Å²) in [6.45, 7) is 4.35. The normalized spacial score (nSPS) is 9.78. The first-order valence-electron chi connectivity index (χ1n) is 5.32. The number of nitro groups is 1. The first kappa shape index (κ1) is 16.5. The van der Waals surface area contributed by atoms with Crippen LogP contribution >= 0.6 is 12.4 Å². The van der Waals surface area contributed by atoms with Gasteiger partial charge in [-0.2, -0.15) is 0 Å². The van der Waals surface area contributed by atoms with E-state index in [9.17, 15) is 10.1 Å². The molecule has 18 heavy (non-hydrogen) atoms. The molecule has 0 aliphatic heterocycles. The molecule has 6 nitrogen and oxygen atoms in total. The van der Waals surface area contributed by atoms with Gasteiger partial charge in [0.05, 0.1) is 11.0 Å². The van der Waals surface area contributed by atoms with Crippen LogP contribution in [0.4, 0.5) is 5.69 Å². The van der Waals surface area contributed by atoms with Gasteiger partial charge in [0.1, 0.15) is 12.4 Å². The number of rotatable bonds is 6. The molecule has 0 fully saturated rings. The summed E-state index contributed by atoms with van der Waals surface area (Å²) < 4.78 is 10.7. The summed E-state index contributed by atoms with van der Waals surface area (Å²) in [5.41, 5.74) is 5.24. The Hall–Kier alpha value is -1.53. The van der Waals surface area contributed by atoms with Gasteiger partial charge in [-0.3, -0.25) is 10.1 Å². The van der Waals surface area contributed by atoms with Gasteiger partial charge in [-0.15, -0.1) is 12.4 Å². The highest BCUT2D eigenvalue weighted by atomic mass is 35.5. The van der Waals surface area contributed by atoms with Crippen molar-refractivity contribution < 1.29 is 14.4 Å². The number of nitrogens with two attached hydrogens (primary N) is 1. The van der Waals surface area contributed by atoms with Crippen molar-refractivity contribution in [3.63, 3.8) is 0 Å². The minimum absolute atomic E-state index is 0. The molecule has 0 spiro atoms. The molecule has 0 radical (unpaired) electrons. The minimum Gasteiger partial charge on any atom is -0.492 e. The maximum Gasteiger partial charge on any atom is 0.311 e. The highest BCUT2D eigenvalue weighted by Gasteiger charge is 2.17. The van der Waals surface area contributed by atoms with Gasteiger partial charge in [-0.1, -0.05) is 0 Å². The summed E-state index contributed by atoms with van der Waals surface area (Å²) >= 11 is 0. The van der Waals surface area contributed by atoms with Crippen LogP contribution in [-0.2, 0) is 0 Å². The summed E-state index contributed by atoms with van der Waals surface area (Å²) in [5, 5.41) is 10.8. The fourth-order valence-corrected chi connectivity index (χ4v) is 1.26. The lowest BCUT2D eigenvalue weighted by Crippen LogP contribution is -2.11. The van der Waals surface area contributed by atoms with Gasteiger partial charge in [0.15, 0.2) is 0 Å². The molecule has 0 atom stereocenters. The number of nitro benzene ring substituents is 1. The van der Waals surface area contributed by atoms with Gasteiger partial charge in [-0.05, 0) is 19.9 Å². The Morgan fingerprint density at radius 2 is 2.11 bits per heavy atom. The molecule has 0 heterocycles. The van der Waals surface area contributed by atoms with E-state index in [1.54, 1.807) is 13.8 Å².